The van der Waals surface area contributed by atoms with Gasteiger partial charge in [-0.3, -0.25) is 0 Å². The summed E-state index contributed by atoms with van der Waals surface area (Å²) >= 11 is 0. The fourth-order valence-corrected chi connectivity index (χ4v) is 3.82. The van der Waals surface area contributed by atoms with Crippen molar-refractivity contribution in [2.45, 2.75) is 24.6 Å². The van der Waals surface area contributed by atoms with Crippen LogP contribution < -0.4 is 14.2 Å². The Hall–Kier alpha value is -3.96. The minimum atomic E-state index is -4.78. The number of nitrogens with zero attached hydrogens (tertiary/aromatic N) is 6. The molecule has 12 heteroatoms. The van der Waals surface area contributed by atoms with Gasteiger partial charge in [0.2, 0.25) is 11.8 Å². The molecule has 1 aliphatic carbocycles. The molecule has 0 bridgehead atoms. The van der Waals surface area contributed by atoms with Gasteiger partial charge in [-0.15, -0.1) is 13.2 Å². The fourth-order valence-electron chi connectivity index (χ4n) is 3.82. The summed E-state index contributed by atoms with van der Waals surface area (Å²) in [7, 11) is 2.96. The molecule has 0 unspecified atom stereocenters. The molecule has 1 fully saturated rings. The van der Waals surface area contributed by atoms with Crippen molar-refractivity contribution in [1.29, 1.82) is 0 Å². The molecule has 0 saturated heterocycles. The molecule has 0 aliphatic heterocycles. The molecule has 2 atom stereocenters. The summed E-state index contributed by atoms with van der Waals surface area (Å²) in [4.78, 5) is 16.6. The zero-order valence-electron chi connectivity index (χ0n) is 17.4. The van der Waals surface area contributed by atoms with Gasteiger partial charge >= 0.3 is 12.4 Å². The van der Waals surface area contributed by atoms with E-state index in [0.717, 1.165) is 17.5 Å². The van der Waals surface area contributed by atoms with E-state index in [1.165, 1.54) is 26.5 Å². The quantitative estimate of drug-likeness (QED) is 0.431. The number of hydrogen-bond acceptors (Lipinski definition) is 8. The molecule has 0 amide bonds. The molecule has 0 spiro atoms. The van der Waals surface area contributed by atoms with E-state index in [9.17, 15) is 13.2 Å². The molecule has 5 rings (SSSR count). The largest absolute Gasteiger partial charge is 0.574 e. The van der Waals surface area contributed by atoms with Crippen LogP contribution in [-0.2, 0) is 0 Å². The average Bonchev–Trinajstić information content (AvgIpc) is 3.45. The van der Waals surface area contributed by atoms with E-state index < -0.39 is 12.2 Å². The maximum atomic E-state index is 12.4. The second kappa shape index (κ2) is 7.87. The van der Waals surface area contributed by atoms with Gasteiger partial charge in [-0.05, 0) is 29.9 Å². The van der Waals surface area contributed by atoms with Gasteiger partial charge in [-0.2, -0.15) is 10.1 Å². The molecule has 0 radical (unpaired) electrons. The lowest BCUT2D eigenvalue weighted by Crippen LogP contribution is -2.17. The van der Waals surface area contributed by atoms with Crippen molar-refractivity contribution in [1.82, 2.24) is 29.5 Å². The van der Waals surface area contributed by atoms with E-state index >= 15 is 0 Å². The normalized spacial score (nSPS) is 17.7. The molecule has 170 valence electrons. The number of rotatable bonds is 6. The molecule has 1 saturated carbocycles. The van der Waals surface area contributed by atoms with Crippen LogP contribution in [0.2, 0.25) is 0 Å². The molecule has 4 heterocycles. The lowest BCUT2D eigenvalue weighted by Gasteiger charge is -2.11. The number of methoxy groups -OCH3 is 2. The molecule has 0 N–H and O–H groups in total. The second-order valence-electron chi connectivity index (χ2n) is 7.39. The van der Waals surface area contributed by atoms with E-state index in [-0.39, 0.29) is 17.8 Å². The van der Waals surface area contributed by atoms with Gasteiger partial charge in [0.05, 0.1) is 25.5 Å². The fraction of sp³-hybridized carbons (Fsp3) is 0.286. The van der Waals surface area contributed by atoms with Gasteiger partial charge < -0.3 is 14.2 Å². The molecule has 1 aliphatic rings. The average molecular weight is 458 g/mol. The van der Waals surface area contributed by atoms with Gasteiger partial charge in [-0.1, -0.05) is 6.07 Å². The summed E-state index contributed by atoms with van der Waals surface area (Å²) in [5.41, 5.74) is 3.64. The summed E-state index contributed by atoms with van der Waals surface area (Å²) in [6, 6.07) is 4.91. The Labute approximate surface area is 185 Å². The number of ether oxygens (including phenoxy) is 3. The second-order valence-corrected chi connectivity index (χ2v) is 7.39. The van der Waals surface area contributed by atoms with Crippen LogP contribution in [0.4, 0.5) is 13.2 Å². The third-order valence-corrected chi connectivity index (χ3v) is 5.37. The number of fused-ring (bicyclic) bond motifs is 1. The molecule has 4 aromatic heterocycles. The molecule has 9 nitrogen and oxygen atoms in total. The number of aromatic nitrogens is 6. The Balaban J connectivity index is 1.47. The van der Waals surface area contributed by atoms with Crippen molar-refractivity contribution < 1.29 is 27.4 Å². The van der Waals surface area contributed by atoms with E-state index in [0.29, 0.717) is 22.8 Å². The van der Waals surface area contributed by atoms with Crippen molar-refractivity contribution in [3.63, 3.8) is 0 Å². The summed E-state index contributed by atoms with van der Waals surface area (Å²) in [5, 5.41) is 4.60. The van der Waals surface area contributed by atoms with E-state index in [4.69, 9.17) is 9.47 Å². The Bertz CT molecular complexity index is 1310. The van der Waals surface area contributed by atoms with Gasteiger partial charge in [0.25, 0.3) is 0 Å². The topological polar surface area (TPSA) is 96.6 Å². The maximum Gasteiger partial charge on any atom is 0.574 e. The Morgan fingerprint density at radius 3 is 2.58 bits per heavy atom. The number of hydrogen-bond donors (Lipinski definition) is 0. The Morgan fingerprint density at radius 1 is 1.03 bits per heavy atom. The van der Waals surface area contributed by atoms with E-state index in [1.807, 2.05) is 6.07 Å². The lowest BCUT2D eigenvalue weighted by molar-refractivity contribution is -0.276. The van der Waals surface area contributed by atoms with Crippen LogP contribution in [0, 0.1) is 0 Å². The molecule has 4 aromatic rings. The molecule has 33 heavy (non-hydrogen) atoms. The van der Waals surface area contributed by atoms with Crippen LogP contribution in [0.15, 0.2) is 43.0 Å². The van der Waals surface area contributed by atoms with E-state index in [1.54, 1.807) is 29.2 Å². The first-order chi connectivity index (χ1) is 15.9. The summed E-state index contributed by atoms with van der Waals surface area (Å²) in [5.74, 6) is 0.00802. The first-order valence-corrected chi connectivity index (χ1v) is 9.87. The minimum Gasteiger partial charge on any atom is -0.480 e. The third kappa shape index (κ3) is 4.11. The number of alkyl halides is 3. The van der Waals surface area contributed by atoms with Crippen molar-refractivity contribution >= 4 is 5.65 Å². The van der Waals surface area contributed by atoms with Crippen molar-refractivity contribution in [3.8, 4) is 29.0 Å². The maximum absolute atomic E-state index is 12.4. The molecular weight excluding hydrogens is 441 g/mol. The highest BCUT2D eigenvalue weighted by atomic mass is 19.4. The lowest BCUT2D eigenvalue weighted by atomic mass is 10.1. The van der Waals surface area contributed by atoms with Crippen molar-refractivity contribution in [2.24, 2.45) is 0 Å². The zero-order chi connectivity index (χ0) is 23.2. The van der Waals surface area contributed by atoms with Crippen molar-refractivity contribution in [3.05, 3.63) is 54.1 Å². The van der Waals surface area contributed by atoms with Gasteiger partial charge in [0.1, 0.15) is 0 Å². The Kier molecular flexibility index (Phi) is 4.99. The molecule has 0 aromatic carbocycles. The third-order valence-electron chi connectivity index (χ3n) is 5.37. The van der Waals surface area contributed by atoms with Crippen molar-refractivity contribution in [2.75, 3.05) is 14.2 Å². The SMILES string of the molecule is COc1ncc(-c2cc([C@H]3C[C@@H]3c3ccc(OC(F)(F)F)nc3)c3nccn3n2)c(OC)n1. The smallest absolute Gasteiger partial charge is 0.480 e. The summed E-state index contributed by atoms with van der Waals surface area (Å²) in [6.45, 7) is 0. The van der Waals surface area contributed by atoms with Crippen LogP contribution in [0.3, 0.4) is 0 Å². The van der Waals surface area contributed by atoms with Crippen LogP contribution >= 0.6 is 0 Å². The van der Waals surface area contributed by atoms with E-state index in [2.05, 4.69) is 29.8 Å². The summed E-state index contributed by atoms with van der Waals surface area (Å²) < 4.78 is 53.1. The predicted octanol–water partition coefficient (Wildman–Crippen LogP) is 3.77. The standard InChI is InChI=1S/C21H17F3N6O3/c1-31-19-15(10-27-20(28-19)32-2)16-8-14(18-25-5-6-30(18)29-16)13-7-12(13)11-3-4-17(26-9-11)33-21(22,23)24/h3-6,8-10,12-13H,7H2,1-2H3/t12-,13+/m1/s1. The minimum absolute atomic E-state index is 0.0854. The molecular formula is C21H17F3N6O3. The first kappa shape index (κ1) is 20.9. The number of halogens is 3. The first-order valence-electron chi connectivity index (χ1n) is 9.87. The van der Waals surface area contributed by atoms with Crippen LogP contribution in [0.1, 0.15) is 29.4 Å². The van der Waals surface area contributed by atoms with Crippen LogP contribution in [0.25, 0.3) is 16.9 Å². The van der Waals surface area contributed by atoms with Crippen LogP contribution in [0.5, 0.6) is 17.8 Å². The highest BCUT2D eigenvalue weighted by Gasteiger charge is 2.42. The highest BCUT2D eigenvalue weighted by Crippen LogP contribution is 2.55. The van der Waals surface area contributed by atoms with Gasteiger partial charge in [0.15, 0.2) is 5.65 Å². The summed E-state index contributed by atoms with van der Waals surface area (Å²) in [6.07, 6.45) is 2.40. The number of imidazole rings is 1. The van der Waals surface area contributed by atoms with Gasteiger partial charge in [-0.25, -0.2) is 19.5 Å². The Morgan fingerprint density at radius 2 is 1.88 bits per heavy atom. The number of pyridine rings is 1. The predicted molar refractivity (Wildman–Crippen MR) is 108 cm³/mol. The zero-order valence-corrected chi connectivity index (χ0v) is 17.4. The van der Waals surface area contributed by atoms with Crippen LogP contribution in [-0.4, -0.2) is 50.1 Å². The van der Waals surface area contributed by atoms with Gasteiger partial charge in [0, 0.05) is 36.4 Å². The monoisotopic (exact) mass is 458 g/mol. The highest BCUT2D eigenvalue weighted by molar-refractivity contribution is 5.68.